The van der Waals surface area contributed by atoms with E-state index in [0.29, 0.717) is 19.6 Å². The molecule has 2 saturated heterocycles. The molecule has 228 valence electrons. The van der Waals surface area contributed by atoms with Crippen LogP contribution >= 0.6 is 49.6 Å². The number of aromatic nitrogens is 2. The summed E-state index contributed by atoms with van der Waals surface area (Å²) in [5.74, 6) is -0.243. The molecule has 0 unspecified atom stereocenters. The Bertz CT molecular complexity index is 1080. The Balaban J connectivity index is 0.00000210. The summed E-state index contributed by atoms with van der Waals surface area (Å²) in [7, 11) is 0. The number of pyridine rings is 2. The Kier molecular flexibility index (Phi) is 16.3. The summed E-state index contributed by atoms with van der Waals surface area (Å²) in [5.41, 5.74) is 2.88. The molecule has 13 heteroatoms. The third-order valence-corrected chi connectivity index (χ3v) is 7.23. The number of piperazine rings is 1. The van der Waals surface area contributed by atoms with Crippen LogP contribution in [0.1, 0.15) is 11.4 Å². The van der Waals surface area contributed by atoms with Crippen molar-refractivity contribution in [3.05, 3.63) is 90.3 Å². The Labute approximate surface area is 265 Å². The average Bonchev–Trinajstić information content (AvgIpc) is 3.25. The second kappa shape index (κ2) is 18.0. The molecule has 0 saturated carbocycles. The second-order valence-electron chi connectivity index (χ2n) is 9.69. The lowest BCUT2D eigenvalue weighted by Gasteiger charge is -2.41. The summed E-state index contributed by atoms with van der Waals surface area (Å²) in [6.45, 7) is 4.54. The molecule has 2 aromatic heterocycles. The minimum absolute atomic E-state index is 0. The topological polar surface area (TPSA) is 85.2 Å². The molecule has 2 aliphatic heterocycles. The quantitative estimate of drug-likeness (QED) is 0.363. The van der Waals surface area contributed by atoms with Crippen LogP contribution in [0.2, 0.25) is 0 Å². The van der Waals surface area contributed by atoms with E-state index in [0.717, 1.165) is 43.3 Å². The maximum atomic E-state index is 13.4. The predicted octanol–water partition coefficient (Wildman–Crippen LogP) is 3.62. The lowest BCUT2D eigenvalue weighted by Crippen LogP contribution is -2.57. The Morgan fingerprint density at radius 3 is 1.85 bits per heavy atom. The first-order chi connectivity index (χ1) is 18.1. The van der Waals surface area contributed by atoms with Gasteiger partial charge >= 0.3 is 0 Å². The lowest BCUT2D eigenvalue weighted by atomic mass is 10.0. The highest BCUT2D eigenvalue weighted by Gasteiger charge is 2.47. The maximum absolute atomic E-state index is 13.4. The van der Waals surface area contributed by atoms with Gasteiger partial charge in [0, 0.05) is 63.9 Å². The van der Waals surface area contributed by atoms with Gasteiger partial charge in [-0.05, 0) is 48.5 Å². The van der Waals surface area contributed by atoms with E-state index in [1.807, 2.05) is 36.4 Å². The number of aliphatic hydroxyl groups is 2. The largest absolute Gasteiger partial charge is 0.394 e. The number of anilines is 1. The minimum Gasteiger partial charge on any atom is -0.394 e. The van der Waals surface area contributed by atoms with Crippen LogP contribution in [0.3, 0.4) is 0 Å². The van der Waals surface area contributed by atoms with Gasteiger partial charge in [0.2, 0.25) is 0 Å². The summed E-state index contributed by atoms with van der Waals surface area (Å²) >= 11 is 0. The Hall–Kier alpha value is -1.79. The molecule has 0 spiro atoms. The summed E-state index contributed by atoms with van der Waals surface area (Å²) in [5, 5.41) is 21.1. The molecule has 0 aliphatic carbocycles. The summed E-state index contributed by atoms with van der Waals surface area (Å²) in [6, 6.07) is 18.1. The fourth-order valence-electron chi connectivity index (χ4n) is 5.39. The number of rotatable bonds is 9. The number of benzene rings is 1. The van der Waals surface area contributed by atoms with Crippen LogP contribution in [-0.4, -0.2) is 93.7 Å². The zero-order valence-electron chi connectivity index (χ0n) is 22.4. The van der Waals surface area contributed by atoms with E-state index in [9.17, 15) is 14.6 Å². The third-order valence-electron chi connectivity index (χ3n) is 7.23. The highest BCUT2D eigenvalue weighted by atomic mass is 35.5. The molecule has 41 heavy (non-hydrogen) atoms. The zero-order valence-corrected chi connectivity index (χ0v) is 25.7. The summed E-state index contributed by atoms with van der Waals surface area (Å²) < 4.78 is 19.6. The second-order valence-corrected chi connectivity index (χ2v) is 9.69. The van der Waals surface area contributed by atoms with Crippen molar-refractivity contribution in [2.75, 3.05) is 44.2 Å². The molecular weight excluding hydrogens is 615 g/mol. The van der Waals surface area contributed by atoms with Crippen LogP contribution < -0.4 is 4.90 Å². The predicted molar refractivity (Wildman–Crippen MR) is 167 cm³/mol. The molecule has 4 heterocycles. The van der Waals surface area contributed by atoms with Gasteiger partial charge in [-0.3, -0.25) is 19.8 Å². The maximum Gasteiger partial charge on any atom is 0.123 e. The molecule has 4 atom stereocenters. The number of ether oxygens (including phenoxy) is 1. The number of hydrogen-bond donors (Lipinski definition) is 2. The first-order valence-electron chi connectivity index (χ1n) is 12.8. The molecule has 2 aliphatic rings. The van der Waals surface area contributed by atoms with Crippen molar-refractivity contribution in [1.82, 2.24) is 19.8 Å². The van der Waals surface area contributed by atoms with Gasteiger partial charge in [-0.1, -0.05) is 12.1 Å². The van der Waals surface area contributed by atoms with E-state index in [2.05, 4.69) is 24.7 Å². The third kappa shape index (κ3) is 9.61. The minimum atomic E-state index is -0.793. The van der Waals surface area contributed by atoms with Crippen molar-refractivity contribution in [3.8, 4) is 0 Å². The van der Waals surface area contributed by atoms with Crippen molar-refractivity contribution in [1.29, 1.82) is 0 Å². The van der Waals surface area contributed by atoms with Crippen LogP contribution in [0.5, 0.6) is 0 Å². The molecule has 0 amide bonds. The first-order valence-corrected chi connectivity index (χ1v) is 12.8. The SMILES string of the molecule is Cl.Cl.Cl.Cl.OC[C@@H]1O[C@H](CN(Cc2ccccn2)Cc2ccccn2)[C@H](N2CCN(c3ccc(F)cc3)CC2)[C@@H]1O. The number of nitrogens with zero attached hydrogens (tertiary/aromatic N) is 5. The van der Waals surface area contributed by atoms with Crippen LogP contribution in [-0.2, 0) is 17.8 Å². The van der Waals surface area contributed by atoms with Gasteiger partial charge in [0.25, 0.3) is 0 Å². The van der Waals surface area contributed by atoms with E-state index in [-0.39, 0.29) is 74.2 Å². The molecule has 8 nitrogen and oxygen atoms in total. The first kappa shape index (κ1) is 37.2. The summed E-state index contributed by atoms with van der Waals surface area (Å²) in [4.78, 5) is 15.7. The van der Waals surface area contributed by atoms with E-state index in [1.165, 1.54) is 12.1 Å². The zero-order chi connectivity index (χ0) is 25.6. The van der Waals surface area contributed by atoms with Crippen molar-refractivity contribution in [2.45, 2.75) is 37.4 Å². The molecule has 1 aromatic carbocycles. The molecule has 5 rings (SSSR count). The smallest absolute Gasteiger partial charge is 0.123 e. The van der Waals surface area contributed by atoms with Crippen molar-refractivity contribution < 1.29 is 19.3 Å². The number of hydrogen-bond acceptors (Lipinski definition) is 8. The standard InChI is InChI=1S/C28H34FN5O3.4ClH/c29-21-7-9-24(10-8-21)33-13-15-34(16-14-33)27-25(37-26(20-35)28(27)36)19-32(17-22-5-1-3-11-30-22)18-23-6-2-4-12-31-23;;;;/h1-12,25-28,35-36H,13-20H2;4*1H/t25-,26+,27+,28-;;;;/m1..../s1. The fourth-order valence-corrected chi connectivity index (χ4v) is 5.39. The van der Waals surface area contributed by atoms with E-state index in [1.54, 1.807) is 24.5 Å². The Morgan fingerprint density at radius 1 is 0.805 bits per heavy atom. The molecule has 2 fully saturated rings. The molecule has 3 aromatic rings. The monoisotopic (exact) mass is 651 g/mol. The molecular formula is C28H38Cl4FN5O3. The highest BCUT2D eigenvalue weighted by Crippen LogP contribution is 2.29. The van der Waals surface area contributed by atoms with E-state index < -0.39 is 12.2 Å². The lowest BCUT2D eigenvalue weighted by molar-refractivity contribution is -0.0327. The molecule has 0 radical (unpaired) electrons. The van der Waals surface area contributed by atoms with Crippen molar-refractivity contribution in [3.63, 3.8) is 0 Å². The normalized spacial score (nSPS) is 22.2. The highest BCUT2D eigenvalue weighted by molar-refractivity contribution is 5.86. The van der Waals surface area contributed by atoms with Crippen LogP contribution in [0, 0.1) is 5.82 Å². The van der Waals surface area contributed by atoms with Crippen molar-refractivity contribution in [2.24, 2.45) is 0 Å². The van der Waals surface area contributed by atoms with Crippen molar-refractivity contribution >= 4 is 55.3 Å². The average molecular weight is 653 g/mol. The Morgan fingerprint density at radius 2 is 1.37 bits per heavy atom. The molecule has 2 N–H and O–H groups in total. The van der Waals surface area contributed by atoms with Gasteiger partial charge in [0.05, 0.1) is 30.1 Å². The van der Waals surface area contributed by atoms with Crippen LogP contribution in [0.25, 0.3) is 0 Å². The van der Waals surface area contributed by atoms with E-state index in [4.69, 9.17) is 4.74 Å². The van der Waals surface area contributed by atoms with Gasteiger partial charge in [-0.25, -0.2) is 4.39 Å². The van der Waals surface area contributed by atoms with Gasteiger partial charge in [0.15, 0.2) is 0 Å². The fraction of sp³-hybridized carbons (Fsp3) is 0.429. The summed E-state index contributed by atoms with van der Waals surface area (Å²) in [6.07, 6.45) is 1.86. The van der Waals surface area contributed by atoms with Crippen LogP contribution in [0.4, 0.5) is 10.1 Å². The van der Waals surface area contributed by atoms with Gasteiger partial charge in [-0.15, -0.1) is 49.6 Å². The van der Waals surface area contributed by atoms with Crippen LogP contribution in [0.15, 0.2) is 73.1 Å². The van der Waals surface area contributed by atoms with E-state index >= 15 is 0 Å². The number of aliphatic hydroxyl groups excluding tert-OH is 2. The van der Waals surface area contributed by atoms with Gasteiger partial charge in [-0.2, -0.15) is 0 Å². The number of halogens is 5. The molecule has 0 bridgehead atoms. The van der Waals surface area contributed by atoms with Gasteiger partial charge < -0.3 is 19.8 Å². The van der Waals surface area contributed by atoms with Gasteiger partial charge in [0.1, 0.15) is 18.0 Å².